The Kier molecular flexibility index (Phi) is 4.36. The van der Waals surface area contributed by atoms with Crippen LogP contribution in [0.25, 0.3) is 0 Å². The first-order valence-electron chi connectivity index (χ1n) is 6.67. The first-order valence-corrected chi connectivity index (χ1v) is 6.67. The van der Waals surface area contributed by atoms with E-state index in [2.05, 4.69) is 20.2 Å². The average Bonchev–Trinajstić information content (AvgIpc) is 3.08. The fourth-order valence-electron chi connectivity index (χ4n) is 1.85. The lowest BCUT2D eigenvalue weighted by molar-refractivity contribution is -0.123. The zero-order valence-corrected chi connectivity index (χ0v) is 11.1. The Bertz CT molecular complexity index is 395. The van der Waals surface area contributed by atoms with E-state index in [4.69, 9.17) is 0 Å². The van der Waals surface area contributed by atoms with Gasteiger partial charge >= 0.3 is 0 Å². The lowest BCUT2D eigenvalue weighted by Crippen LogP contribution is -2.34. The molecule has 5 heteroatoms. The second-order valence-corrected chi connectivity index (χ2v) is 5.15. The van der Waals surface area contributed by atoms with Crippen molar-refractivity contribution in [2.75, 3.05) is 13.1 Å². The number of carbonyl (C=O) groups is 1. The molecule has 1 aromatic heterocycles. The van der Waals surface area contributed by atoms with Gasteiger partial charge in [0.25, 0.3) is 0 Å². The third kappa shape index (κ3) is 3.57. The predicted molar refractivity (Wildman–Crippen MR) is 70.1 cm³/mol. The van der Waals surface area contributed by atoms with Gasteiger partial charge in [0.15, 0.2) is 0 Å². The summed E-state index contributed by atoms with van der Waals surface area (Å²) in [6, 6.07) is 0.671. The van der Waals surface area contributed by atoms with Crippen molar-refractivity contribution in [3.05, 3.63) is 18.2 Å². The van der Waals surface area contributed by atoms with E-state index in [9.17, 15) is 4.79 Å². The molecule has 1 heterocycles. The zero-order valence-electron chi connectivity index (χ0n) is 11.1. The lowest BCUT2D eigenvalue weighted by Gasteiger charge is -2.10. The van der Waals surface area contributed by atoms with Gasteiger partial charge < -0.3 is 15.2 Å². The number of nitrogens with one attached hydrogen (secondary N) is 2. The second kappa shape index (κ2) is 6.00. The minimum atomic E-state index is 0.0568. The number of nitrogens with zero attached hydrogens (tertiary/aromatic N) is 2. The molecule has 1 aliphatic rings. The van der Waals surface area contributed by atoms with Crippen molar-refractivity contribution >= 4 is 5.91 Å². The molecule has 0 aromatic carbocycles. The Balaban J connectivity index is 1.63. The first kappa shape index (κ1) is 13.1. The van der Waals surface area contributed by atoms with Crippen LogP contribution in [0, 0.1) is 5.92 Å². The van der Waals surface area contributed by atoms with E-state index in [1.807, 2.05) is 26.4 Å². The summed E-state index contributed by atoms with van der Waals surface area (Å²) >= 11 is 0. The summed E-state index contributed by atoms with van der Waals surface area (Å²) in [5.74, 6) is 0.168. The van der Waals surface area contributed by atoms with Crippen molar-refractivity contribution < 1.29 is 4.79 Å². The maximum absolute atomic E-state index is 11.3. The monoisotopic (exact) mass is 250 g/mol. The Labute approximate surface area is 108 Å². The van der Waals surface area contributed by atoms with Gasteiger partial charge in [0.1, 0.15) is 0 Å². The number of carbonyl (C=O) groups excluding carboxylic acids is 1. The van der Waals surface area contributed by atoms with Crippen LogP contribution in [0.5, 0.6) is 0 Å². The molecule has 0 atom stereocenters. The molecular formula is C13H22N4O. The number of rotatable bonds is 7. The van der Waals surface area contributed by atoms with Crippen molar-refractivity contribution in [1.82, 2.24) is 20.2 Å². The van der Waals surface area contributed by atoms with Gasteiger partial charge in [-0.25, -0.2) is 4.98 Å². The Morgan fingerprint density at radius 3 is 2.94 bits per heavy atom. The maximum Gasteiger partial charge on any atom is 0.222 e. The molecule has 0 aliphatic heterocycles. The van der Waals surface area contributed by atoms with Crippen LogP contribution in [-0.2, 0) is 11.3 Å². The van der Waals surface area contributed by atoms with Crippen molar-refractivity contribution in [2.24, 2.45) is 5.92 Å². The molecule has 0 saturated heterocycles. The molecule has 1 fully saturated rings. The molecule has 1 aliphatic carbocycles. The average molecular weight is 250 g/mol. The molecule has 1 saturated carbocycles. The van der Waals surface area contributed by atoms with Gasteiger partial charge in [-0.05, 0) is 12.8 Å². The zero-order chi connectivity index (χ0) is 13.0. The third-order valence-electron chi connectivity index (χ3n) is 3.12. The highest BCUT2D eigenvalue weighted by Crippen LogP contribution is 2.35. The van der Waals surface area contributed by atoms with E-state index in [0.29, 0.717) is 12.6 Å². The molecule has 0 radical (unpaired) electrons. The lowest BCUT2D eigenvalue weighted by atomic mass is 10.2. The SMILES string of the molecule is CC(C)C(=O)NCCNCc1cncn1C1CC1. The molecule has 18 heavy (non-hydrogen) atoms. The summed E-state index contributed by atoms with van der Waals surface area (Å²) in [5.41, 5.74) is 1.23. The number of amides is 1. The number of aromatic nitrogens is 2. The highest BCUT2D eigenvalue weighted by atomic mass is 16.1. The van der Waals surface area contributed by atoms with Crippen LogP contribution in [0.2, 0.25) is 0 Å². The largest absolute Gasteiger partial charge is 0.355 e. The van der Waals surface area contributed by atoms with Crippen molar-refractivity contribution in [2.45, 2.75) is 39.3 Å². The van der Waals surface area contributed by atoms with Crippen molar-refractivity contribution in [3.8, 4) is 0 Å². The highest BCUT2D eigenvalue weighted by molar-refractivity contribution is 5.77. The van der Waals surface area contributed by atoms with Crippen LogP contribution in [0.15, 0.2) is 12.5 Å². The predicted octanol–water partition coefficient (Wildman–Crippen LogP) is 1.08. The Morgan fingerprint density at radius 2 is 2.28 bits per heavy atom. The van der Waals surface area contributed by atoms with Crippen molar-refractivity contribution in [3.63, 3.8) is 0 Å². The van der Waals surface area contributed by atoms with Gasteiger partial charge in [-0.1, -0.05) is 13.8 Å². The third-order valence-corrected chi connectivity index (χ3v) is 3.12. The van der Waals surface area contributed by atoms with Gasteiger partial charge in [-0.15, -0.1) is 0 Å². The topological polar surface area (TPSA) is 59.0 Å². The summed E-state index contributed by atoms with van der Waals surface area (Å²) in [5, 5.41) is 6.22. The quantitative estimate of drug-likeness (QED) is 0.712. The molecule has 2 rings (SSSR count). The molecule has 0 unspecified atom stereocenters. The molecule has 0 spiro atoms. The fourth-order valence-corrected chi connectivity index (χ4v) is 1.85. The van der Waals surface area contributed by atoms with E-state index in [0.717, 1.165) is 13.1 Å². The van der Waals surface area contributed by atoms with Crippen LogP contribution in [0.3, 0.4) is 0 Å². The normalized spacial score (nSPS) is 15.1. The van der Waals surface area contributed by atoms with Gasteiger partial charge in [0.05, 0.1) is 12.0 Å². The number of imidazole rings is 1. The molecule has 1 aromatic rings. The molecule has 0 bridgehead atoms. The van der Waals surface area contributed by atoms with Crippen LogP contribution in [-0.4, -0.2) is 28.5 Å². The van der Waals surface area contributed by atoms with E-state index < -0.39 is 0 Å². The van der Waals surface area contributed by atoms with Crippen LogP contribution < -0.4 is 10.6 Å². The number of hydrogen-bond donors (Lipinski definition) is 2. The highest BCUT2D eigenvalue weighted by Gasteiger charge is 2.24. The summed E-state index contributed by atoms with van der Waals surface area (Å²) in [6.45, 7) is 6.07. The minimum Gasteiger partial charge on any atom is -0.355 e. The van der Waals surface area contributed by atoms with E-state index >= 15 is 0 Å². The van der Waals surface area contributed by atoms with Crippen LogP contribution >= 0.6 is 0 Å². The molecule has 5 nitrogen and oxygen atoms in total. The van der Waals surface area contributed by atoms with Crippen LogP contribution in [0.1, 0.15) is 38.4 Å². The van der Waals surface area contributed by atoms with E-state index in [1.54, 1.807) is 0 Å². The smallest absolute Gasteiger partial charge is 0.222 e. The van der Waals surface area contributed by atoms with E-state index in [1.165, 1.54) is 18.5 Å². The summed E-state index contributed by atoms with van der Waals surface area (Å²) < 4.78 is 2.25. The number of hydrogen-bond acceptors (Lipinski definition) is 3. The summed E-state index contributed by atoms with van der Waals surface area (Å²) in [7, 11) is 0. The van der Waals surface area contributed by atoms with E-state index in [-0.39, 0.29) is 11.8 Å². The van der Waals surface area contributed by atoms with Gasteiger partial charge in [-0.2, -0.15) is 0 Å². The van der Waals surface area contributed by atoms with Gasteiger partial charge in [0.2, 0.25) is 5.91 Å². The Hall–Kier alpha value is -1.36. The minimum absolute atomic E-state index is 0.0568. The summed E-state index contributed by atoms with van der Waals surface area (Å²) in [6.07, 6.45) is 6.37. The summed E-state index contributed by atoms with van der Waals surface area (Å²) in [4.78, 5) is 15.5. The fraction of sp³-hybridized carbons (Fsp3) is 0.692. The molecular weight excluding hydrogens is 228 g/mol. The van der Waals surface area contributed by atoms with Gasteiger partial charge in [-0.3, -0.25) is 4.79 Å². The maximum atomic E-state index is 11.3. The molecule has 100 valence electrons. The Morgan fingerprint density at radius 1 is 1.50 bits per heavy atom. The second-order valence-electron chi connectivity index (χ2n) is 5.15. The van der Waals surface area contributed by atoms with Gasteiger partial charge in [0, 0.05) is 37.8 Å². The standard InChI is InChI=1S/C13H22N4O/c1-10(2)13(18)16-6-5-14-7-12-8-15-9-17(12)11-3-4-11/h8-11,14H,3-7H2,1-2H3,(H,16,18). The first-order chi connectivity index (χ1) is 8.68. The van der Waals surface area contributed by atoms with Crippen molar-refractivity contribution in [1.29, 1.82) is 0 Å². The van der Waals surface area contributed by atoms with Crippen LogP contribution in [0.4, 0.5) is 0 Å². The molecule has 2 N–H and O–H groups in total. The molecule has 1 amide bonds.